The molecule has 174 valence electrons. The van der Waals surface area contributed by atoms with Gasteiger partial charge >= 0.3 is 0 Å². The fourth-order valence-corrected chi connectivity index (χ4v) is 3.70. The number of carbonyl (C=O) groups is 1. The molecule has 0 aliphatic heterocycles. The van der Waals surface area contributed by atoms with Crippen molar-refractivity contribution >= 4 is 17.4 Å². The predicted molar refractivity (Wildman–Crippen MR) is 128 cm³/mol. The molecule has 2 aromatic heterocycles. The summed E-state index contributed by atoms with van der Waals surface area (Å²) in [6, 6.07) is 11.4. The highest BCUT2D eigenvalue weighted by Gasteiger charge is 2.24. The van der Waals surface area contributed by atoms with E-state index in [0.29, 0.717) is 46.8 Å². The van der Waals surface area contributed by atoms with Crippen LogP contribution in [-0.4, -0.2) is 32.9 Å². The second-order valence-electron chi connectivity index (χ2n) is 9.04. The van der Waals surface area contributed by atoms with Gasteiger partial charge in [0, 0.05) is 35.5 Å². The zero-order valence-corrected chi connectivity index (χ0v) is 19.0. The van der Waals surface area contributed by atoms with Crippen molar-refractivity contribution < 1.29 is 13.6 Å². The minimum atomic E-state index is -0.929. The molecule has 4 aromatic rings. The van der Waals surface area contributed by atoms with E-state index < -0.39 is 11.6 Å². The lowest BCUT2D eigenvalue weighted by Crippen LogP contribution is -2.25. The van der Waals surface area contributed by atoms with Crippen LogP contribution in [-0.2, 0) is 0 Å². The molecule has 5 rings (SSSR count). The maximum absolute atomic E-state index is 13.9. The summed E-state index contributed by atoms with van der Waals surface area (Å²) in [5.41, 5.74) is 3.83. The van der Waals surface area contributed by atoms with E-state index in [9.17, 15) is 13.6 Å². The van der Waals surface area contributed by atoms with Crippen molar-refractivity contribution in [3.63, 3.8) is 0 Å². The van der Waals surface area contributed by atoms with Crippen LogP contribution >= 0.6 is 0 Å². The van der Waals surface area contributed by atoms with Crippen molar-refractivity contribution in [2.75, 3.05) is 11.9 Å². The first-order chi connectivity index (χ1) is 16.4. The zero-order chi connectivity index (χ0) is 23.8. The summed E-state index contributed by atoms with van der Waals surface area (Å²) >= 11 is 0. The molecule has 1 amide bonds. The van der Waals surface area contributed by atoms with E-state index in [2.05, 4.69) is 34.4 Å². The summed E-state index contributed by atoms with van der Waals surface area (Å²) in [5.74, 6) is -0.976. The molecule has 0 bridgehead atoms. The first kappa shape index (κ1) is 22.0. The van der Waals surface area contributed by atoms with Crippen molar-refractivity contribution in [3.05, 3.63) is 72.1 Å². The first-order valence-electron chi connectivity index (χ1n) is 11.4. The highest BCUT2D eigenvalue weighted by atomic mass is 19.2. The number of hydrogen-bond acceptors (Lipinski definition) is 4. The average Bonchev–Trinajstić information content (AvgIpc) is 3.54. The van der Waals surface area contributed by atoms with E-state index in [1.54, 1.807) is 24.5 Å². The number of anilines is 1. The lowest BCUT2D eigenvalue weighted by atomic mass is 10.1. The third-order valence-electron chi connectivity index (χ3n) is 5.74. The largest absolute Gasteiger partial charge is 0.367 e. The van der Waals surface area contributed by atoms with Crippen molar-refractivity contribution in [3.8, 4) is 22.5 Å². The number of fused-ring (bicyclic) bond motifs is 1. The Kier molecular flexibility index (Phi) is 5.73. The van der Waals surface area contributed by atoms with Crippen LogP contribution in [0.1, 0.15) is 37.0 Å². The second kappa shape index (κ2) is 8.85. The number of hydrogen-bond donors (Lipinski definition) is 2. The Morgan fingerprint density at radius 2 is 1.82 bits per heavy atom. The Morgan fingerprint density at radius 1 is 1.09 bits per heavy atom. The third kappa shape index (κ3) is 4.48. The first-order valence-corrected chi connectivity index (χ1v) is 11.4. The Labute approximate surface area is 196 Å². The summed E-state index contributed by atoms with van der Waals surface area (Å²) in [4.78, 5) is 21.6. The number of halogens is 2. The molecule has 0 radical (unpaired) electrons. The van der Waals surface area contributed by atoms with Gasteiger partial charge in [0.25, 0.3) is 5.91 Å². The maximum Gasteiger partial charge on any atom is 0.251 e. The van der Waals surface area contributed by atoms with Crippen LogP contribution < -0.4 is 10.6 Å². The smallest absolute Gasteiger partial charge is 0.251 e. The number of amides is 1. The molecule has 0 atom stereocenters. The summed E-state index contributed by atoms with van der Waals surface area (Å²) in [7, 11) is 0. The fourth-order valence-electron chi connectivity index (χ4n) is 3.70. The minimum Gasteiger partial charge on any atom is -0.367 e. The third-order valence-corrected chi connectivity index (χ3v) is 5.74. The summed E-state index contributed by atoms with van der Waals surface area (Å²) in [6.07, 6.45) is 5.57. The van der Waals surface area contributed by atoms with E-state index in [0.717, 1.165) is 36.2 Å². The SMILES string of the molecule is CC(C)CNc1nc(-c2ccc(F)c(F)c2)cn2c(-c3ccc(C(=O)NC4CC4)cc3)cnc12. The monoisotopic (exact) mass is 461 g/mol. The van der Waals surface area contributed by atoms with Gasteiger partial charge in [0.05, 0.1) is 17.6 Å². The Hall–Kier alpha value is -3.81. The van der Waals surface area contributed by atoms with E-state index in [1.165, 1.54) is 6.07 Å². The summed E-state index contributed by atoms with van der Waals surface area (Å²) < 4.78 is 29.3. The molecule has 1 saturated carbocycles. The number of aromatic nitrogens is 3. The summed E-state index contributed by atoms with van der Waals surface area (Å²) in [6.45, 7) is 4.85. The highest BCUT2D eigenvalue weighted by molar-refractivity contribution is 5.95. The van der Waals surface area contributed by atoms with E-state index in [-0.39, 0.29) is 5.91 Å². The topological polar surface area (TPSA) is 71.3 Å². The molecule has 2 aromatic carbocycles. The predicted octanol–water partition coefficient (Wildman–Crippen LogP) is 5.30. The second-order valence-corrected chi connectivity index (χ2v) is 9.04. The Balaban J connectivity index is 1.56. The van der Waals surface area contributed by atoms with Gasteiger partial charge in [0.1, 0.15) is 0 Å². The Morgan fingerprint density at radius 3 is 2.50 bits per heavy atom. The lowest BCUT2D eigenvalue weighted by molar-refractivity contribution is 0.0951. The van der Waals surface area contributed by atoms with Gasteiger partial charge in [-0.15, -0.1) is 0 Å². The molecule has 0 spiro atoms. The van der Waals surface area contributed by atoms with E-state index in [1.807, 2.05) is 16.5 Å². The number of imidazole rings is 1. The molecular weight excluding hydrogens is 436 g/mol. The molecule has 34 heavy (non-hydrogen) atoms. The van der Waals surface area contributed by atoms with Crippen LogP contribution in [0.5, 0.6) is 0 Å². The molecule has 6 nitrogen and oxygen atoms in total. The van der Waals surface area contributed by atoms with Gasteiger partial charge in [0.2, 0.25) is 0 Å². The fraction of sp³-hybridized carbons (Fsp3) is 0.269. The van der Waals surface area contributed by atoms with E-state index in [4.69, 9.17) is 0 Å². The average molecular weight is 462 g/mol. The molecule has 2 heterocycles. The van der Waals surface area contributed by atoms with Crippen LogP contribution in [0.2, 0.25) is 0 Å². The number of carbonyl (C=O) groups excluding carboxylic acids is 1. The minimum absolute atomic E-state index is 0.0720. The van der Waals surface area contributed by atoms with Crippen LogP contribution in [0.3, 0.4) is 0 Å². The summed E-state index contributed by atoms with van der Waals surface area (Å²) in [5, 5.41) is 6.31. The van der Waals surface area contributed by atoms with Gasteiger partial charge < -0.3 is 10.6 Å². The molecule has 8 heteroatoms. The molecule has 1 aliphatic rings. The quantitative estimate of drug-likeness (QED) is 0.392. The molecule has 0 saturated heterocycles. The number of nitrogens with one attached hydrogen (secondary N) is 2. The Bertz CT molecular complexity index is 1360. The van der Waals surface area contributed by atoms with Crippen LogP contribution in [0.4, 0.5) is 14.6 Å². The molecule has 0 unspecified atom stereocenters. The molecule has 2 N–H and O–H groups in total. The standard InChI is InChI=1S/C26H25F2N5O/c1-15(2)12-29-24-25-30-13-23(16-3-5-17(6-4-16)26(34)31-19-8-9-19)33(25)14-22(32-24)18-7-10-20(27)21(28)11-18/h3-7,10-11,13-15,19H,8-9,12H2,1-2H3,(H,29,32)(H,31,34). The van der Waals surface area contributed by atoms with Gasteiger partial charge in [-0.05, 0) is 49.1 Å². The number of nitrogens with zero attached hydrogens (tertiary/aromatic N) is 3. The van der Waals surface area contributed by atoms with Gasteiger partial charge in [-0.1, -0.05) is 26.0 Å². The van der Waals surface area contributed by atoms with Gasteiger partial charge in [-0.3, -0.25) is 9.20 Å². The van der Waals surface area contributed by atoms with Gasteiger partial charge in [-0.2, -0.15) is 0 Å². The zero-order valence-electron chi connectivity index (χ0n) is 19.0. The van der Waals surface area contributed by atoms with Crippen LogP contribution in [0, 0.1) is 17.6 Å². The van der Waals surface area contributed by atoms with Gasteiger partial charge in [0.15, 0.2) is 23.1 Å². The maximum atomic E-state index is 13.9. The number of benzene rings is 2. The van der Waals surface area contributed by atoms with Crippen molar-refractivity contribution in [2.24, 2.45) is 5.92 Å². The van der Waals surface area contributed by atoms with Gasteiger partial charge in [-0.25, -0.2) is 18.7 Å². The molecule has 1 aliphatic carbocycles. The highest BCUT2D eigenvalue weighted by Crippen LogP contribution is 2.29. The lowest BCUT2D eigenvalue weighted by Gasteiger charge is -2.13. The van der Waals surface area contributed by atoms with Crippen molar-refractivity contribution in [1.29, 1.82) is 0 Å². The normalized spacial score (nSPS) is 13.4. The molecule has 1 fully saturated rings. The van der Waals surface area contributed by atoms with Crippen molar-refractivity contribution in [1.82, 2.24) is 19.7 Å². The van der Waals surface area contributed by atoms with E-state index >= 15 is 0 Å². The van der Waals surface area contributed by atoms with Crippen LogP contribution in [0.15, 0.2) is 54.9 Å². The number of rotatable bonds is 7. The van der Waals surface area contributed by atoms with Crippen LogP contribution in [0.25, 0.3) is 28.2 Å². The van der Waals surface area contributed by atoms with Crippen molar-refractivity contribution in [2.45, 2.75) is 32.7 Å². The molecular formula is C26H25F2N5O.